The lowest BCUT2D eigenvalue weighted by Crippen LogP contribution is -2.60. The Hall–Kier alpha value is -4.05. The Kier molecular flexibility index (Phi) is 5.78. The van der Waals surface area contributed by atoms with Gasteiger partial charge in [0.05, 0.1) is 19.6 Å². The number of likely N-dealkylation sites (tertiary alicyclic amines) is 1. The monoisotopic (exact) mass is 529 g/mol. The summed E-state index contributed by atoms with van der Waals surface area (Å²) in [5.41, 5.74) is 5.31. The van der Waals surface area contributed by atoms with Crippen molar-refractivity contribution in [3.8, 4) is 5.75 Å². The number of allylic oxidation sites excluding steroid dienone is 1. The number of carbonyl (C=O) groups is 1. The SMILES string of the molecule is COC(=O)C12CN(C=C(C)c3ccccc3OC)CC1C1(c3ccc4ccccc4c3)CCC2c2ccccc21. The van der Waals surface area contributed by atoms with Crippen LogP contribution in [0.1, 0.15) is 47.9 Å². The number of rotatable bonds is 5. The molecule has 202 valence electrons. The molecule has 2 bridgehead atoms. The van der Waals surface area contributed by atoms with Gasteiger partial charge in [0.2, 0.25) is 0 Å². The molecule has 0 N–H and O–H groups in total. The van der Waals surface area contributed by atoms with Crippen LogP contribution < -0.4 is 4.74 Å². The fraction of sp³-hybridized carbons (Fsp3) is 0.306. The van der Waals surface area contributed by atoms with Crippen molar-refractivity contribution in [1.29, 1.82) is 0 Å². The second kappa shape index (κ2) is 9.26. The van der Waals surface area contributed by atoms with Crippen LogP contribution in [0.5, 0.6) is 5.75 Å². The number of methoxy groups -OCH3 is 2. The van der Waals surface area contributed by atoms with Crippen molar-refractivity contribution in [3.05, 3.63) is 119 Å². The first kappa shape index (κ1) is 25.0. The smallest absolute Gasteiger partial charge is 0.314 e. The zero-order valence-corrected chi connectivity index (χ0v) is 23.4. The Morgan fingerprint density at radius 3 is 2.50 bits per heavy atom. The Bertz CT molecular complexity index is 1660. The molecule has 4 nitrogen and oxygen atoms in total. The highest BCUT2D eigenvalue weighted by Gasteiger charge is 2.70. The number of fused-ring (bicyclic) bond motifs is 2. The molecule has 0 aromatic heterocycles. The van der Waals surface area contributed by atoms with Crippen molar-refractivity contribution < 1.29 is 14.3 Å². The van der Waals surface area contributed by atoms with Crippen LogP contribution in [-0.4, -0.2) is 38.2 Å². The maximum atomic E-state index is 14.1. The summed E-state index contributed by atoms with van der Waals surface area (Å²) in [6, 6.07) is 32.5. The summed E-state index contributed by atoms with van der Waals surface area (Å²) in [4.78, 5) is 16.4. The molecule has 4 heteroatoms. The van der Waals surface area contributed by atoms with Crippen molar-refractivity contribution in [3.63, 3.8) is 0 Å². The van der Waals surface area contributed by atoms with Crippen LogP contribution in [-0.2, 0) is 14.9 Å². The first-order valence-corrected chi connectivity index (χ1v) is 14.3. The average molecular weight is 530 g/mol. The normalized spacial score (nSPS) is 26.9. The molecule has 1 saturated carbocycles. The van der Waals surface area contributed by atoms with Crippen LogP contribution in [0.25, 0.3) is 16.3 Å². The first-order valence-electron chi connectivity index (χ1n) is 14.3. The molecule has 0 spiro atoms. The van der Waals surface area contributed by atoms with Crippen LogP contribution in [0.4, 0.5) is 0 Å². The standard InChI is InChI=1S/C36H35NO3/c1-24(28-12-7-9-15-32(28)39-2)21-37-22-33-35(27-17-16-25-10-4-5-11-26(25)20-27)19-18-31(29-13-6-8-14-30(29)35)36(33,23-37)34(38)40-3/h4-17,20-21,31,33H,18-19,22-23H2,1-3H3. The number of nitrogens with zero attached hydrogens (tertiary/aromatic N) is 1. The van der Waals surface area contributed by atoms with E-state index >= 15 is 0 Å². The third-order valence-corrected chi connectivity index (χ3v) is 10.1. The van der Waals surface area contributed by atoms with Crippen LogP contribution in [0.2, 0.25) is 0 Å². The molecule has 4 atom stereocenters. The van der Waals surface area contributed by atoms with E-state index in [2.05, 4.69) is 90.8 Å². The number of benzene rings is 4. The molecule has 0 amide bonds. The van der Waals surface area contributed by atoms with E-state index in [-0.39, 0.29) is 23.2 Å². The second-order valence-corrected chi connectivity index (χ2v) is 11.7. The largest absolute Gasteiger partial charge is 0.496 e. The predicted molar refractivity (Wildman–Crippen MR) is 159 cm³/mol. The third kappa shape index (κ3) is 3.35. The Balaban J connectivity index is 1.42. The van der Waals surface area contributed by atoms with Gasteiger partial charge in [0.1, 0.15) is 5.75 Å². The molecule has 4 aromatic rings. The van der Waals surface area contributed by atoms with Gasteiger partial charge in [0.25, 0.3) is 0 Å². The van der Waals surface area contributed by atoms with Crippen LogP contribution in [0.3, 0.4) is 0 Å². The molecule has 4 aromatic carbocycles. The molecule has 2 fully saturated rings. The van der Waals surface area contributed by atoms with Gasteiger partial charge >= 0.3 is 5.97 Å². The lowest BCUT2D eigenvalue weighted by Gasteiger charge is -2.59. The number of hydrogen-bond donors (Lipinski definition) is 0. The molecule has 8 rings (SSSR count). The number of carbonyl (C=O) groups excluding carboxylic acids is 1. The lowest BCUT2D eigenvalue weighted by molar-refractivity contribution is -0.161. The molecule has 1 saturated heterocycles. The van der Waals surface area contributed by atoms with Gasteiger partial charge in [-0.25, -0.2) is 0 Å². The van der Waals surface area contributed by atoms with E-state index in [0.717, 1.165) is 36.3 Å². The minimum atomic E-state index is -0.620. The van der Waals surface area contributed by atoms with Crippen LogP contribution in [0, 0.1) is 11.3 Å². The van der Waals surface area contributed by atoms with Crippen LogP contribution >= 0.6 is 0 Å². The molecular formula is C36H35NO3. The van der Waals surface area contributed by atoms with E-state index in [1.807, 2.05) is 18.2 Å². The Morgan fingerprint density at radius 1 is 0.925 bits per heavy atom. The van der Waals surface area contributed by atoms with Crippen molar-refractivity contribution in [1.82, 2.24) is 4.90 Å². The highest BCUT2D eigenvalue weighted by Crippen LogP contribution is 2.69. The topological polar surface area (TPSA) is 38.8 Å². The zero-order chi connectivity index (χ0) is 27.5. The van der Waals surface area contributed by atoms with Gasteiger partial charge in [-0.2, -0.15) is 0 Å². The van der Waals surface area contributed by atoms with Gasteiger partial charge in [0, 0.05) is 42.1 Å². The quantitative estimate of drug-likeness (QED) is 0.257. The third-order valence-electron chi connectivity index (χ3n) is 10.1. The number of para-hydroxylation sites is 1. The van der Waals surface area contributed by atoms with E-state index in [1.165, 1.54) is 27.5 Å². The lowest BCUT2D eigenvalue weighted by atomic mass is 9.42. The molecule has 1 heterocycles. The molecule has 1 aliphatic heterocycles. The van der Waals surface area contributed by atoms with Gasteiger partial charge in [0.15, 0.2) is 0 Å². The second-order valence-electron chi connectivity index (χ2n) is 11.7. The minimum Gasteiger partial charge on any atom is -0.496 e. The molecule has 0 radical (unpaired) electrons. The van der Waals surface area contributed by atoms with E-state index < -0.39 is 5.41 Å². The van der Waals surface area contributed by atoms with Gasteiger partial charge in [-0.05, 0) is 58.9 Å². The summed E-state index contributed by atoms with van der Waals surface area (Å²) >= 11 is 0. The summed E-state index contributed by atoms with van der Waals surface area (Å²) in [5, 5.41) is 2.48. The molecule has 4 aliphatic rings. The molecule has 3 aliphatic carbocycles. The zero-order valence-electron chi connectivity index (χ0n) is 23.4. The fourth-order valence-corrected chi connectivity index (χ4v) is 8.54. The van der Waals surface area contributed by atoms with Crippen molar-refractivity contribution >= 4 is 22.3 Å². The summed E-state index contributed by atoms with van der Waals surface area (Å²) in [5.74, 6) is 1.00. The summed E-state index contributed by atoms with van der Waals surface area (Å²) in [6.07, 6.45) is 4.23. The molecule has 4 unspecified atom stereocenters. The van der Waals surface area contributed by atoms with Gasteiger partial charge in [-0.3, -0.25) is 4.79 Å². The van der Waals surface area contributed by atoms with E-state index in [9.17, 15) is 4.79 Å². The average Bonchev–Trinajstić information content (AvgIpc) is 3.42. The summed E-state index contributed by atoms with van der Waals surface area (Å²) < 4.78 is 11.3. The van der Waals surface area contributed by atoms with Gasteiger partial charge < -0.3 is 14.4 Å². The predicted octanol–water partition coefficient (Wildman–Crippen LogP) is 7.18. The van der Waals surface area contributed by atoms with E-state index in [0.29, 0.717) is 6.54 Å². The Labute approximate surface area is 236 Å². The number of ether oxygens (including phenoxy) is 2. The van der Waals surface area contributed by atoms with Gasteiger partial charge in [-0.15, -0.1) is 0 Å². The molecule has 40 heavy (non-hydrogen) atoms. The highest BCUT2D eigenvalue weighted by molar-refractivity contribution is 5.85. The summed E-state index contributed by atoms with van der Waals surface area (Å²) in [7, 11) is 3.27. The fourth-order valence-electron chi connectivity index (χ4n) is 8.54. The minimum absolute atomic E-state index is 0.0762. The number of esters is 1. The summed E-state index contributed by atoms with van der Waals surface area (Å²) in [6.45, 7) is 3.57. The van der Waals surface area contributed by atoms with Gasteiger partial charge in [-0.1, -0.05) is 84.9 Å². The highest BCUT2D eigenvalue weighted by atomic mass is 16.5. The van der Waals surface area contributed by atoms with Crippen LogP contribution in [0.15, 0.2) is 97.2 Å². The Morgan fingerprint density at radius 2 is 1.68 bits per heavy atom. The first-order chi connectivity index (χ1) is 19.5. The number of hydrogen-bond acceptors (Lipinski definition) is 4. The van der Waals surface area contributed by atoms with Crippen molar-refractivity contribution in [2.45, 2.75) is 31.1 Å². The maximum Gasteiger partial charge on any atom is 0.314 e. The van der Waals surface area contributed by atoms with Crippen molar-refractivity contribution in [2.75, 3.05) is 27.3 Å². The van der Waals surface area contributed by atoms with Crippen molar-refractivity contribution in [2.24, 2.45) is 11.3 Å². The van der Waals surface area contributed by atoms with E-state index in [1.54, 1.807) is 14.2 Å². The maximum absolute atomic E-state index is 14.1. The van der Waals surface area contributed by atoms with E-state index in [4.69, 9.17) is 9.47 Å². The molecular weight excluding hydrogens is 494 g/mol.